The van der Waals surface area contributed by atoms with Gasteiger partial charge in [0.25, 0.3) is 5.56 Å². The highest BCUT2D eigenvalue weighted by Gasteiger charge is 2.35. The van der Waals surface area contributed by atoms with Crippen LogP contribution in [-0.4, -0.2) is 27.5 Å². The zero-order valence-corrected chi connectivity index (χ0v) is 16.2. The van der Waals surface area contributed by atoms with Crippen molar-refractivity contribution in [3.63, 3.8) is 0 Å². The van der Waals surface area contributed by atoms with Crippen molar-refractivity contribution < 1.29 is 0 Å². The number of fused-ring (bicyclic) bond motifs is 4. The van der Waals surface area contributed by atoms with Crippen LogP contribution in [0.4, 0.5) is 0 Å². The SMILES string of the molecule is Cc1ccccc1-c1ccc2n(c1=O)C[C@@H]1C[C@@H]2CN(Cc2ccccn2)C1. The van der Waals surface area contributed by atoms with Crippen LogP contribution in [0.1, 0.15) is 29.3 Å². The summed E-state index contributed by atoms with van der Waals surface area (Å²) in [6.45, 7) is 5.81. The van der Waals surface area contributed by atoms with Gasteiger partial charge in [0.1, 0.15) is 0 Å². The first-order valence-corrected chi connectivity index (χ1v) is 10.1. The monoisotopic (exact) mass is 371 g/mol. The largest absolute Gasteiger partial charge is 0.311 e. The predicted molar refractivity (Wildman–Crippen MR) is 111 cm³/mol. The first kappa shape index (κ1) is 17.4. The highest BCUT2D eigenvalue weighted by atomic mass is 16.1. The number of rotatable bonds is 3. The van der Waals surface area contributed by atoms with Gasteiger partial charge in [0.15, 0.2) is 0 Å². The summed E-state index contributed by atoms with van der Waals surface area (Å²) in [6, 6.07) is 18.5. The molecule has 0 saturated carbocycles. The van der Waals surface area contributed by atoms with Crippen molar-refractivity contribution in [3.8, 4) is 11.1 Å². The van der Waals surface area contributed by atoms with Crippen molar-refractivity contribution in [1.82, 2.24) is 14.5 Å². The highest BCUT2D eigenvalue weighted by Crippen LogP contribution is 2.36. The predicted octanol–water partition coefficient (Wildman–Crippen LogP) is 3.84. The summed E-state index contributed by atoms with van der Waals surface area (Å²) in [6.07, 6.45) is 3.05. The lowest BCUT2D eigenvalue weighted by atomic mass is 9.82. The van der Waals surface area contributed by atoms with Gasteiger partial charge in [-0.1, -0.05) is 30.3 Å². The molecule has 2 atom stereocenters. The molecule has 28 heavy (non-hydrogen) atoms. The van der Waals surface area contributed by atoms with Gasteiger partial charge in [-0.05, 0) is 54.7 Å². The van der Waals surface area contributed by atoms with Crippen molar-refractivity contribution in [3.05, 3.63) is 88.1 Å². The van der Waals surface area contributed by atoms with Gasteiger partial charge in [-0.25, -0.2) is 0 Å². The number of nitrogens with zero attached hydrogens (tertiary/aromatic N) is 3. The molecule has 0 aliphatic carbocycles. The van der Waals surface area contributed by atoms with E-state index in [-0.39, 0.29) is 5.56 Å². The van der Waals surface area contributed by atoms with Gasteiger partial charge >= 0.3 is 0 Å². The molecular weight excluding hydrogens is 346 g/mol. The summed E-state index contributed by atoms with van der Waals surface area (Å²) in [5.41, 5.74) is 5.51. The third kappa shape index (κ3) is 3.08. The van der Waals surface area contributed by atoms with E-state index in [4.69, 9.17) is 0 Å². The normalized spacial score (nSPS) is 21.3. The van der Waals surface area contributed by atoms with E-state index in [1.165, 1.54) is 12.1 Å². The quantitative estimate of drug-likeness (QED) is 0.702. The molecule has 2 bridgehead atoms. The fourth-order valence-corrected chi connectivity index (χ4v) is 4.97. The molecule has 0 spiro atoms. The Balaban J connectivity index is 1.46. The Hall–Kier alpha value is -2.72. The summed E-state index contributed by atoms with van der Waals surface area (Å²) in [5.74, 6) is 0.953. The Morgan fingerprint density at radius 2 is 1.82 bits per heavy atom. The van der Waals surface area contributed by atoms with Crippen molar-refractivity contribution in [1.29, 1.82) is 0 Å². The molecule has 1 fully saturated rings. The van der Waals surface area contributed by atoms with Crippen LogP contribution in [0.5, 0.6) is 0 Å². The number of likely N-dealkylation sites (tertiary alicyclic amines) is 1. The minimum absolute atomic E-state index is 0.166. The van der Waals surface area contributed by atoms with Gasteiger partial charge in [-0.2, -0.15) is 0 Å². The first-order valence-electron chi connectivity index (χ1n) is 10.1. The Bertz CT molecular complexity index is 1060. The van der Waals surface area contributed by atoms with E-state index < -0.39 is 0 Å². The number of aryl methyl sites for hydroxylation is 1. The standard InChI is InChI=1S/C24H25N3O/c1-17-6-2-3-8-21(17)22-9-10-23-19-12-18(14-27(23)24(22)28)13-26(15-19)16-20-7-4-5-11-25-20/h2-11,18-19H,12-16H2,1H3/t18-,19-/m1/s1. The van der Waals surface area contributed by atoms with Crippen molar-refractivity contribution >= 4 is 0 Å². The Morgan fingerprint density at radius 3 is 2.64 bits per heavy atom. The molecule has 142 valence electrons. The number of hydrogen-bond acceptors (Lipinski definition) is 3. The van der Waals surface area contributed by atoms with Gasteiger partial charge in [-0.3, -0.25) is 14.7 Å². The molecule has 4 heteroatoms. The van der Waals surface area contributed by atoms with Crippen molar-refractivity contribution in [2.45, 2.75) is 32.4 Å². The van der Waals surface area contributed by atoms with E-state index in [9.17, 15) is 4.79 Å². The Morgan fingerprint density at radius 1 is 0.964 bits per heavy atom. The lowest BCUT2D eigenvalue weighted by molar-refractivity contribution is 0.113. The zero-order chi connectivity index (χ0) is 19.1. The topological polar surface area (TPSA) is 38.1 Å². The summed E-state index contributed by atoms with van der Waals surface area (Å²) in [4.78, 5) is 20.3. The van der Waals surface area contributed by atoms with Crippen LogP contribution in [0.2, 0.25) is 0 Å². The Labute approximate surface area is 165 Å². The second kappa shape index (κ2) is 7.02. The van der Waals surface area contributed by atoms with Crippen molar-refractivity contribution in [2.75, 3.05) is 13.1 Å². The van der Waals surface area contributed by atoms with Crippen molar-refractivity contribution in [2.24, 2.45) is 5.92 Å². The molecule has 1 saturated heterocycles. The van der Waals surface area contributed by atoms with Crippen LogP contribution in [0.15, 0.2) is 65.6 Å². The van der Waals surface area contributed by atoms with Crippen LogP contribution >= 0.6 is 0 Å². The number of pyridine rings is 2. The average Bonchev–Trinajstić information content (AvgIpc) is 2.70. The Kier molecular flexibility index (Phi) is 4.36. The lowest BCUT2D eigenvalue weighted by Crippen LogP contribution is -2.47. The third-order valence-electron chi connectivity index (χ3n) is 6.23. The van der Waals surface area contributed by atoms with E-state index in [1.807, 2.05) is 30.5 Å². The molecule has 2 aliphatic rings. The summed E-state index contributed by atoms with van der Waals surface area (Å²) >= 11 is 0. The number of hydrogen-bond donors (Lipinski definition) is 0. The molecule has 1 aromatic carbocycles. The molecule has 0 amide bonds. The zero-order valence-electron chi connectivity index (χ0n) is 16.2. The maximum Gasteiger partial charge on any atom is 0.258 e. The minimum atomic E-state index is 0.166. The first-order chi connectivity index (χ1) is 13.7. The molecule has 3 aromatic rings. The summed E-state index contributed by atoms with van der Waals surface area (Å²) < 4.78 is 2.05. The van der Waals surface area contributed by atoms with E-state index in [0.29, 0.717) is 11.8 Å². The van der Waals surface area contributed by atoms with E-state index >= 15 is 0 Å². The number of benzene rings is 1. The van der Waals surface area contributed by atoms with Gasteiger partial charge in [0, 0.05) is 49.6 Å². The van der Waals surface area contributed by atoms with E-state index in [1.54, 1.807) is 0 Å². The van der Waals surface area contributed by atoms with Crippen LogP contribution < -0.4 is 5.56 Å². The van der Waals surface area contributed by atoms with Crippen LogP contribution in [-0.2, 0) is 13.1 Å². The molecule has 0 unspecified atom stereocenters. The summed E-state index contributed by atoms with van der Waals surface area (Å²) in [5, 5.41) is 0. The fraction of sp³-hybridized carbons (Fsp3) is 0.333. The van der Waals surface area contributed by atoms with E-state index in [0.717, 1.165) is 48.6 Å². The number of aromatic nitrogens is 2. The van der Waals surface area contributed by atoms with E-state index in [2.05, 4.69) is 51.7 Å². The second-order valence-electron chi connectivity index (χ2n) is 8.22. The molecular formula is C24H25N3O. The molecule has 0 N–H and O–H groups in total. The molecule has 2 aliphatic heterocycles. The van der Waals surface area contributed by atoms with Gasteiger partial charge in [0.05, 0.1) is 5.69 Å². The maximum absolute atomic E-state index is 13.3. The van der Waals surface area contributed by atoms with Gasteiger partial charge in [-0.15, -0.1) is 0 Å². The fourth-order valence-electron chi connectivity index (χ4n) is 4.97. The third-order valence-corrected chi connectivity index (χ3v) is 6.23. The molecule has 2 aromatic heterocycles. The van der Waals surface area contributed by atoms with Gasteiger partial charge in [0.2, 0.25) is 0 Å². The van der Waals surface area contributed by atoms with Gasteiger partial charge < -0.3 is 4.57 Å². The van der Waals surface area contributed by atoms with Crippen LogP contribution in [0, 0.1) is 12.8 Å². The molecule has 4 heterocycles. The summed E-state index contributed by atoms with van der Waals surface area (Å²) in [7, 11) is 0. The van der Waals surface area contributed by atoms with Crippen LogP contribution in [0.25, 0.3) is 11.1 Å². The molecule has 5 rings (SSSR count). The average molecular weight is 371 g/mol. The lowest BCUT2D eigenvalue weighted by Gasteiger charge is -2.42. The maximum atomic E-state index is 13.3. The molecule has 4 nitrogen and oxygen atoms in total. The van der Waals surface area contributed by atoms with Crippen LogP contribution in [0.3, 0.4) is 0 Å². The smallest absolute Gasteiger partial charge is 0.258 e. The highest BCUT2D eigenvalue weighted by molar-refractivity contribution is 5.66. The molecule has 0 radical (unpaired) electrons. The number of piperidine rings is 1. The minimum Gasteiger partial charge on any atom is -0.311 e. The second-order valence-corrected chi connectivity index (χ2v) is 8.22.